The van der Waals surface area contributed by atoms with Gasteiger partial charge in [-0.3, -0.25) is 18.9 Å². The second-order valence-corrected chi connectivity index (χ2v) is 9.87. The number of hydrogen-bond acceptors (Lipinski definition) is 6. The van der Waals surface area contributed by atoms with Gasteiger partial charge in [-0.1, -0.05) is 51.5 Å². The minimum Gasteiger partial charge on any atom is -0.297 e. The quantitative estimate of drug-likeness (QED) is 0.383. The number of unbranched alkanes of at least 4 members (excludes halogenated alkanes) is 1. The Bertz CT molecular complexity index is 1400. The lowest BCUT2D eigenvalue weighted by Crippen LogP contribution is -2.45. The standard InChI is InChI=1S/C27H31N7O2/c1-4-5-6-21-16-34(25-23(17(2)3)13-24(25)35)27(36)33(21)15-20-14-28-12-11-22(20)18-7-9-19(10-8-18)26-29-31-32-30-26/h7-12,14,16-17,23,25H,4-6,13,15H2,1-3H3,(H,29,30,31,32). The van der Waals surface area contributed by atoms with Gasteiger partial charge in [-0.25, -0.2) is 4.79 Å². The van der Waals surface area contributed by atoms with Crippen LogP contribution in [-0.4, -0.2) is 40.5 Å². The van der Waals surface area contributed by atoms with Crippen LogP contribution in [0.25, 0.3) is 22.5 Å². The molecular weight excluding hydrogens is 454 g/mol. The number of carbonyl (C=O) groups is 1. The van der Waals surface area contributed by atoms with Crippen LogP contribution < -0.4 is 5.69 Å². The minimum absolute atomic E-state index is 0.118. The largest absolute Gasteiger partial charge is 0.329 e. The number of Topliss-reactive ketones (excluding diaryl/α,β-unsaturated/α-hetero) is 1. The van der Waals surface area contributed by atoms with Crippen molar-refractivity contribution < 1.29 is 4.79 Å². The summed E-state index contributed by atoms with van der Waals surface area (Å²) in [7, 11) is 0. The Hall–Kier alpha value is -3.88. The van der Waals surface area contributed by atoms with E-state index in [0.717, 1.165) is 47.2 Å². The molecule has 1 N–H and O–H groups in total. The number of carbonyl (C=O) groups excluding carboxylic acids is 1. The molecule has 186 valence electrons. The van der Waals surface area contributed by atoms with Gasteiger partial charge in [0.2, 0.25) is 5.82 Å². The van der Waals surface area contributed by atoms with E-state index in [2.05, 4.69) is 46.4 Å². The summed E-state index contributed by atoms with van der Waals surface area (Å²) in [5, 5.41) is 14.2. The van der Waals surface area contributed by atoms with Crippen molar-refractivity contribution >= 4 is 5.78 Å². The first kappa shape index (κ1) is 23.8. The van der Waals surface area contributed by atoms with Gasteiger partial charge in [0, 0.05) is 36.3 Å². The highest BCUT2D eigenvalue weighted by molar-refractivity contribution is 5.89. The van der Waals surface area contributed by atoms with Gasteiger partial charge in [0.15, 0.2) is 5.78 Å². The summed E-state index contributed by atoms with van der Waals surface area (Å²) in [6.07, 6.45) is 8.86. The molecule has 0 spiro atoms. The highest BCUT2D eigenvalue weighted by Gasteiger charge is 2.43. The van der Waals surface area contributed by atoms with E-state index in [-0.39, 0.29) is 23.4 Å². The SMILES string of the molecule is CCCCc1cn(C2C(=O)CC2C(C)C)c(=O)n1Cc1cnccc1-c1ccc(-c2nn[nH]n2)cc1. The molecule has 3 heterocycles. The maximum atomic E-state index is 13.7. The Labute approximate surface area is 209 Å². The van der Waals surface area contributed by atoms with Crippen molar-refractivity contribution in [2.75, 3.05) is 0 Å². The molecule has 1 aliphatic rings. The van der Waals surface area contributed by atoms with Crippen LogP contribution in [0.15, 0.2) is 53.7 Å². The van der Waals surface area contributed by atoms with E-state index in [9.17, 15) is 9.59 Å². The summed E-state index contributed by atoms with van der Waals surface area (Å²) in [5.74, 6) is 1.24. The van der Waals surface area contributed by atoms with Gasteiger partial charge < -0.3 is 0 Å². The molecule has 0 radical (unpaired) electrons. The molecule has 3 aromatic heterocycles. The summed E-state index contributed by atoms with van der Waals surface area (Å²) in [5.41, 5.74) is 4.67. The lowest BCUT2D eigenvalue weighted by molar-refractivity contribution is -0.134. The Morgan fingerprint density at radius 3 is 2.56 bits per heavy atom. The molecule has 1 saturated carbocycles. The van der Waals surface area contributed by atoms with Gasteiger partial charge in [0.1, 0.15) is 6.04 Å². The van der Waals surface area contributed by atoms with E-state index in [0.29, 0.717) is 24.7 Å². The lowest BCUT2D eigenvalue weighted by atomic mass is 9.71. The number of aromatic nitrogens is 7. The molecule has 9 heteroatoms. The van der Waals surface area contributed by atoms with Crippen molar-refractivity contribution in [1.29, 1.82) is 0 Å². The molecule has 0 aliphatic heterocycles. The van der Waals surface area contributed by atoms with Gasteiger partial charge >= 0.3 is 5.69 Å². The zero-order valence-electron chi connectivity index (χ0n) is 20.9. The summed E-state index contributed by atoms with van der Waals surface area (Å²) >= 11 is 0. The number of nitrogens with one attached hydrogen (secondary N) is 1. The Balaban J connectivity index is 1.50. The van der Waals surface area contributed by atoms with E-state index < -0.39 is 0 Å². The maximum absolute atomic E-state index is 13.7. The van der Waals surface area contributed by atoms with E-state index in [1.54, 1.807) is 10.8 Å². The fourth-order valence-electron chi connectivity index (χ4n) is 5.07. The molecular formula is C27H31N7O2. The molecule has 1 aromatic carbocycles. The van der Waals surface area contributed by atoms with E-state index in [1.165, 1.54) is 0 Å². The van der Waals surface area contributed by atoms with E-state index >= 15 is 0 Å². The Kier molecular flexibility index (Phi) is 6.63. The van der Waals surface area contributed by atoms with Crippen molar-refractivity contribution in [2.24, 2.45) is 11.8 Å². The number of benzene rings is 1. The van der Waals surface area contributed by atoms with Crippen molar-refractivity contribution in [3.63, 3.8) is 0 Å². The summed E-state index contributed by atoms with van der Waals surface area (Å²) in [4.78, 5) is 30.6. The normalized spacial score (nSPS) is 17.5. The molecule has 9 nitrogen and oxygen atoms in total. The number of rotatable bonds is 9. The topological polar surface area (TPSA) is 111 Å². The first-order valence-corrected chi connectivity index (χ1v) is 12.6. The highest BCUT2D eigenvalue weighted by atomic mass is 16.2. The fourth-order valence-corrected chi connectivity index (χ4v) is 5.07. The van der Waals surface area contributed by atoms with E-state index in [1.807, 2.05) is 47.3 Å². The highest BCUT2D eigenvalue weighted by Crippen LogP contribution is 2.39. The number of aromatic amines is 1. The predicted octanol–water partition coefficient (Wildman–Crippen LogP) is 4.07. The maximum Gasteiger partial charge on any atom is 0.329 e. The Morgan fingerprint density at radius 1 is 1.11 bits per heavy atom. The second kappa shape index (κ2) is 10.0. The number of nitrogens with zero attached hydrogens (tertiary/aromatic N) is 6. The average molecular weight is 486 g/mol. The van der Waals surface area contributed by atoms with Crippen molar-refractivity contribution in [3.8, 4) is 22.5 Å². The molecule has 0 amide bonds. The lowest BCUT2D eigenvalue weighted by Gasteiger charge is -2.38. The third-order valence-corrected chi connectivity index (χ3v) is 7.23. The number of imidazole rings is 1. The van der Waals surface area contributed by atoms with Crippen molar-refractivity contribution in [3.05, 3.63) is 70.7 Å². The minimum atomic E-state index is -0.356. The smallest absolute Gasteiger partial charge is 0.297 e. The van der Waals surface area contributed by atoms with Crippen LogP contribution in [0.3, 0.4) is 0 Å². The number of hydrogen-bond donors (Lipinski definition) is 1. The summed E-state index contributed by atoms with van der Waals surface area (Å²) in [6, 6.07) is 9.54. The van der Waals surface area contributed by atoms with Gasteiger partial charge in [0.25, 0.3) is 0 Å². The number of pyridine rings is 1. The first-order valence-electron chi connectivity index (χ1n) is 12.6. The number of H-pyrrole nitrogens is 1. The number of tetrazole rings is 1. The summed E-state index contributed by atoms with van der Waals surface area (Å²) < 4.78 is 3.52. The summed E-state index contributed by atoms with van der Waals surface area (Å²) in [6.45, 7) is 6.78. The van der Waals surface area contributed by atoms with Crippen molar-refractivity contribution in [2.45, 2.75) is 59.0 Å². The molecule has 0 bridgehead atoms. The molecule has 2 unspecified atom stereocenters. The molecule has 0 saturated heterocycles. The molecule has 5 rings (SSSR count). The molecule has 4 aromatic rings. The van der Waals surface area contributed by atoms with Crippen LogP contribution >= 0.6 is 0 Å². The second-order valence-electron chi connectivity index (χ2n) is 9.87. The zero-order valence-corrected chi connectivity index (χ0v) is 20.9. The van der Waals surface area contributed by atoms with Gasteiger partial charge in [-0.2, -0.15) is 5.21 Å². The average Bonchev–Trinajstić information content (AvgIpc) is 3.51. The van der Waals surface area contributed by atoms with Crippen LogP contribution in [0.5, 0.6) is 0 Å². The predicted molar refractivity (Wildman–Crippen MR) is 136 cm³/mol. The van der Waals surface area contributed by atoms with Crippen LogP contribution in [0, 0.1) is 11.8 Å². The molecule has 1 aliphatic carbocycles. The van der Waals surface area contributed by atoms with Gasteiger partial charge in [-0.05, 0) is 52.6 Å². The first-order chi connectivity index (χ1) is 17.5. The molecule has 1 fully saturated rings. The van der Waals surface area contributed by atoms with Crippen molar-refractivity contribution in [1.82, 2.24) is 34.7 Å². The third-order valence-electron chi connectivity index (χ3n) is 7.23. The van der Waals surface area contributed by atoms with Crippen LogP contribution in [0.4, 0.5) is 0 Å². The number of aryl methyl sites for hydroxylation is 1. The third kappa shape index (κ3) is 4.41. The monoisotopic (exact) mass is 485 g/mol. The van der Waals surface area contributed by atoms with E-state index in [4.69, 9.17) is 0 Å². The Morgan fingerprint density at radius 2 is 1.89 bits per heavy atom. The van der Waals surface area contributed by atoms with Gasteiger partial charge in [-0.15, -0.1) is 10.2 Å². The molecule has 36 heavy (non-hydrogen) atoms. The van der Waals surface area contributed by atoms with Crippen LogP contribution in [0.1, 0.15) is 57.3 Å². The number of ketones is 1. The zero-order chi connectivity index (χ0) is 25.2. The van der Waals surface area contributed by atoms with Gasteiger partial charge in [0.05, 0.1) is 6.54 Å². The van der Waals surface area contributed by atoms with Crippen LogP contribution in [-0.2, 0) is 17.8 Å². The molecule has 2 atom stereocenters. The van der Waals surface area contributed by atoms with Crippen LogP contribution in [0.2, 0.25) is 0 Å². The fraction of sp³-hybridized carbons (Fsp3) is 0.407.